The number of aliphatic carboxylic acids is 2. The van der Waals surface area contributed by atoms with Crippen LogP contribution in [0, 0.1) is 0 Å². The minimum absolute atomic E-state index is 0.0768. The Morgan fingerprint density at radius 2 is 1.75 bits per heavy atom. The van der Waals surface area contributed by atoms with Crippen LogP contribution in [0.5, 0.6) is 17.2 Å². The van der Waals surface area contributed by atoms with Crippen molar-refractivity contribution in [3.05, 3.63) is 30.4 Å². The van der Waals surface area contributed by atoms with E-state index in [1.807, 2.05) is 26.8 Å². The zero-order chi connectivity index (χ0) is 21.4. The number of carboxylic acids is 2. The van der Waals surface area contributed by atoms with Gasteiger partial charge >= 0.3 is 11.9 Å². The van der Waals surface area contributed by atoms with E-state index >= 15 is 0 Å². The van der Waals surface area contributed by atoms with Gasteiger partial charge in [0.25, 0.3) is 0 Å². The SMILES string of the molecule is COc1cccc2c1OCC(O)(CNC(C)(C)C)CO2.O=C(O)C=CC(=O)O. The highest BCUT2D eigenvalue weighted by Gasteiger charge is 2.34. The van der Waals surface area contributed by atoms with Crippen LogP contribution < -0.4 is 19.5 Å². The quantitative estimate of drug-likeness (QED) is 0.542. The van der Waals surface area contributed by atoms with Crippen LogP contribution in [-0.2, 0) is 9.59 Å². The van der Waals surface area contributed by atoms with E-state index in [1.54, 1.807) is 19.2 Å². The van der Waals surface area contributed by atoms with Crippen molar-refractivity contribution in [1.29, 1.82) is 0 Å². The van der Waals surface area contributed by atoms with Crippen LogP contribution in [0.25, 0.3) is 0 Å². The lowest BCUT2D eigenvalue weighted by Crippen LogP contribution is -2.53. The van der Waals surface area contributed by atoms with Gasteiger partial charge in [-0.15, -0.1) is 0 Å². The van der Waals surface area contributed by atoms with Crippen molar-refractivity contribution in [1.82, 2.24) is 5.32 Å². The molecule has 0 radical (unpaired) electrons. The predicted octanol–water partition coefficient (Wildman–Crippen LogP) is 1.30. The fraction of sp³-hybridized carbons (Fsp3) is 0.474. The molecule has 1 unspecified atom stereocenters. The van der Waals surface area contributed by atoms with Gasteiger partial charge in [0, 0.05) is 24.2 Å². The lowest BCUT2D eigenvalue weighted by molar-refractivity contribution is -0.134. The standard InChI is InChI=1S/C15H23NO4.C4H4O4/c1-14(2,3)16-8-15(17)9-19-12-7-5-6-11(18-4)13(12)20-10-15;5-3(6)1-2-4(7)8/h5-7,16-17H,8-10H2,1-4H3;1-2H,(H,5,6)(H,7,8). The number of carboxylic acid groups (broad SMARTS) is 2. The van der Waals surface area contributed by atoms with Crippen LogP contribution in [0.4, 0.5) is 0 Å². The number of para-hydroxylation sites is 1. The third-order valence-corrected chi connectivity index (χ3v) is 3.46. The van der Waals surface area contributed by atoms with Crippen LogP contribution in [0.1, 0.15) is 20.8 Å². The Bertz CT molecular complexity index is 694. The zero-order valence-electron chi connectivity index (χ0n) is 16.4. The summed E-state index contributed by atoms with van der Waals surface area (Å²) in [6, 6.07) is 5.44. The summed E-state index contributed by atoms with van der Waals surface area (Å²) in [6.45, 7) is 6.87. The van der Waals surface area contributed by atoms with Crippen molar-refractivity contribution in [2.45, 2.75) is 31.9 Å². The molecule has 0 saturated heterocycles. The molecule has 0 amide bonds. The largest absolute Gasteiger partial charge is 0.493 e. The molecule has 1 aromatic carbocycles. The van der Waals surface area contributed by atoms with Gasteiger partial charge in [0.1, 0.15) is 18.8 Å². The van der Waals surface area contributed by atoms with Crippen molar-refractivity contribution >= 4 is 11.9 Å². The third-order valence-electron chi connectivity index (χ3n) is 3.46. The summed E-state index contributed by atoms with van der Waals surface area (Å²) < 4.78 is 16.6. The highest BCUT2D eigenvalue weighted by atomic mass is 16.6. The van der Waals surface area contributed by atoms with Crippen LogP contribution >= 0.6 is 0 Å². The first kappa shape index (κ1) is 23.3. The van der Waals surface area contributed by atoms with Crippen LogP contribution in [0.3, 0.4) is 0 Å². The van der Waals surface area contributed by atoms with E-state index in [0.717, 1.165) is 0 Å². The van der Waals surface area contributed by atoms with E-state index in [4.69, 9.17) is 24.4 Å². The number of β-amino-alcohol motifs (C(OH)–C–C–N with tert-alkyl or cyclic N) is 1. The minimum atomic E-state index is -1.26. The number of nitrogens with one attached hydrogen (secondary N) is 1. The number of rotatable bonds is 5. The molecule has 1 atom stereocenters. The fourth-order valence-corrected chi connectivity index (χ4v) is 2.05. The smallest absolute Gasteiger partial charge is 0.328 e. The highest BCUT2D eigenvalue weighted by Crippen LogP contribution is 2.39. The van der Waals surface area contributed by atoms with E-state index in [1.165, 1.54) is 0 Å². The minimum Gasteiger partial charge on any atom is -0.493 e. The Balaban J connectivity index is 0.000000416. The molecule has 9 heteroatoms. The number of benzene rings is 1. The van der Waals surface area contributed by atoms with Crippen molar-refractivity contribution in [3.8, 4) is 17.2 Å². The Hall–Kier alpha value is -2.78. The van der Waals surface area contributed by atoms with Gasteiger partial charge in [-0.05, 0) is 32.9 Å². The summed E-state index contributed by atoms with van der Waals surface area (Å²) in [5, 5.41) is 29.5. The summed E-state index contributed by atoms with van der Waals surface area (Å²) in [5.74, 6) is -0.770. The first-order valence-electron chi connectivity index (χ1n) is 8.50. The zero-order valence-corrected chi connectivity index (χ0v) is 16.4. The van der Waals surface area contributed by atoms with Crippen molar-refractivity contribution in [3.63, 3.8) is 0 Å². The van der Waals surface area contributed by atoms with Crippen LogP contribution in [-0.4, -0.2) is 65.3 Å². The summed E-state index contributed by atoms with van der Waals surface area (Å²) in [5.41, 5.74) is -1.15. The van der Waals surface area contributed by atoms with Gasteiger partial charge in [-0.3, -0.25) is 0 Å². The first-order valence-corrected chi connectivity index (χ1v) is 8.50. The second-order valence-electron chi connectivity index (χ2n) is 7.20. The van der Waals surface area contributed by atoms with E-state index in [2.05, 4.69) is 5.32 Å². The number of fused-ring (bicyclic) bond motifs is 1. The monoisotopic (exact) mass is 397 g/mol. The average Bonchev–Trinajstić information content (AvgIpc) is 2.78. The molecule has 0 aliphatic carbocycles. The van der Waals surface area contributed by atoms with Gasteiger partial charge in [0.2, 0.25) is 5.75 Å². The van der Waals surface area contributed by atoms with E-state index < -0.39 is 17.5 Å². The summed E-state index contributed by atoms with van der Waals surface area (Å²) in [6.07, 6.45) is 1.12. The number of hydrogen-bond donors (Lipinski definition) is 4. The molecular formula is C19H27NO8. The molecule has 0 spiro atoms. The fourth-order valence-electron chi connectivity index (χ4n) is 2.05. The molecule has 1 heterocycles. The molecule has 0 saturated carbocycles. The molecule has 0 fully saturated rings. The Kier molecular flexibility index (Phi) is 8.27. The Labute approximate surface area is 163 Å². The van der Waals surface area contributed by atoms with Crippen molar-refractivity contribution in [2.24, 2.45) is 0 Å². The van der Waals surface area contributed by atoms with Gasteiger partial charge in [-0.25, -0.2) is 9.59 Å². The molecule has 9 nitrogen and oxygen atoms in total. The number of aliphatic hydroxyl groups is 1. The third kappa shape index (κ3) is 8.28. The lowest BCUT2D eigenvalue weighted by atomic mass is 10.0. The number of hydrogen-bond acceptors (Lipinski definition) is 7. The molecule has 1 aromatic rings. The molecule has 156 valence electrons. The van der Waals surface area contributed by atoms with E-state index in [0.29, 0.717) is 35.9 Å². The van der Waals surface area contributed by atoms with Gasteiger partial charge in [-0.1, -0.05) is 6.07 Å². The van der Waals surface area contributed by atoms with Gasteiger partial charge in [0.05, 0.1) is 7.11 Å². The number of carbonyl (C=O) groups is 2. The van der Waals surface area contributed by atoms with Gasteiger partial charge < -0.3 is 34.8 Å². The molecule has 4 N–H and O–H groups in total. The topological polar surface area (TPSA) is 135 Å². The normalized spacial score (nSPS) is 18.6. The van der Waals surface area contributed by atoms with Gasteiger partial charge in [0.15, 0.2) is 11.5 Å². The predicted molar refractivity (Wildman–Crippen MR) is 101 cm³/mol. The molecule has 0 aromatic heterocycles. The Morgan fingerprint density at radius 1 is 1.18 bits per heavy atom. The van der Waals surface area contributed by atoms with E-state index in [9.17, 15) is 14.7 Å². The molecular weight excluding hydrogens is 370 g/mol. The summed E-state index contributed by atoms with van der Waals surface area (Å²) in [7, 11) is 1.58. The maximum absolute atomic E-state index is 10.6. The molecule has 0 bridgehead atoms. The second kappa shape index (κ2) is 9.95. The maximum Gasteiger partial charge on any atom is 0.328 e. The van der Waals surface area contributed by atoms with Crippen molar-refractivity contribution in [2.75, 3.05) is 26.9 Å². The number of ether oxygens (including phenoxy) is 3. The lowest BCUT2D eigenvalue weighted by Gasteiger charge is -2.30. The van der Waals surface area contributed by atoms with Crippen molar-refractivity contribution < 1.29 is 39.1 Å². The molecule has 2 rings (SSSR count). The van der Waals surface area contributed by atoms with Gasteiger partial charge in [-0.2, -0.15) is 0 Å². The Morgan fingerprint density at radius 3 is 2.25 bits per heavy atom. The highest BCUT2D eigenvalue weighted by molar-refractivity contribution is 5.89. The first-order chi connectivity index (χ1) is 13.0. The maximum atomic E-state index is 10.6. The molecule has 1 aliphatic heterocycles. The van der Waals surface area contributed by atoms with E-state index in [-0.39, 0.29) is 18.8 Å². The molecule has 1 aliphatic rings. The summed E-state index contributed by atoms with van der Waals surface area (Å²) >= 11 is 0. The summed E-state index contributed by atoms with van der Waals surface area (Å²) in [4.78, 5) is 19.1. The van der Waals surface area contributed by atoms with Crippen LogP contribution in [0.15, 0.2) is 30.4 Å². The second-order valence-corrected chi connectivity index (χ2v) is 7.20. The number of methoxy groups -OCH3 is 1. The average molecular weight is 397 g/mol. The molecule has 28 heavy (non-hydrogen) atoms. The van der Waals surface area contributed by atoms with Crippen LogP contribution in [0.2, 0.25) is 0 Å².